The molecule has 4 nitrogen and oxygen atoms in total. The molecule has 26 heavy (non-hydrogen) atoms. The number of ether oxygens (including phenoxy) is 1. The molecule has 0 aliphatic heterocycles. The van der Waals surface area contributed by atoms with Crippen LogP contribution in [0, 0.1) is 0 Å². The van der Waals surface area contributed by atoms with Crippen molar-refractivity contribution >= 4 is 29.9 Å². The Balaban J connectivity index is 0.00000338. The molecule has 2 aromatic carbocycles. The van der Waals surface area contributed by atoms with Crippen molar-refractivity contribution in [1.29, 1.82) is 0 Å². The summed E-state index contributed by atoms with van der Waals surface area (Å²) in [4.78, 5) is 4.24. The van der Waals surface area contributed by atoms with Crippen LogP contribution < -0.4 is 10.6 Å². The van der Waals surface area contributed by atoms with E-state index in [1.807, 2.05) is 18.2 Å². The van der Waals surface area contributed by atoms with Crippen LogP contribution in [0.3, 0.4) is 0 Å². The highest BCUT2D eigenvalue weighted by Crippen LogP contribution is 2.08. The summed E-state index contributed by atoms with van der Waals surface area (Å²) in [6, 6.07) is 18.7. The molecule has 0 amide bonds. The first-order valence-corrected chi connectivity index (χ1v) is 8.96. The fraction of sp³-hybridized carbons (Fsp3) is 0.381. The lowest BCUT2D eigenvalue weighted by molar-refractivity contribution is 0.107. The minimum absolute atomic E-state index is 0. The zero-order chi connectivity index (χ0) is 17.7. The van der Waals surface area contributed by atoms with Gasteiger partial charge in [0, 0.05) is 20.1 Å². The summed E-state index contributed by atoms with van der Waals surface area (Å²) in [7, 11) is 1.80. The van der Waals surface area contributed by atoms with E-state index in [0.29, 0.717) is 13.2 Å². The van der Waals surface area contributed by atoms with E-state index in [9.17, 15) is 0 Å². The number of aliphatic imine (C=N–C) groups is 1. The molecule has 0 saturated heterocycles. The standard InChI is InChI=1S/C21H29N3O.HI/c1-3-4-14-23-21(22-2)24-15-18-10-12-20(13-11-18)17-25-16-19-8-6-5-7-9-19;/h5-13H,3-4,14-17H2,1-2H3,(H2,22,23,24);1H. The van der Waals surface area contributed by atoms with Gasteiger partial charge in [-0.1, -0.05) is 67.9 Å². The Morgan fingerprint density at radius 1 is 0.885 bits per heavy atom. The third-order valence-corrected chi connectivity index (χ3v) is 3.91. The van der Waals surface area contributed by atoms with Gasteiger partial charge in [0.25, 0.3) is 0 Å². The van der Waals surface area contributed by atoms with E-state index in [0.717, 1.165) is 25.5 Å². The summed E-state index contributed by atoms with van der Waals surface area (Å²) in [6.07, 6.45) is 2.33. The van der Waals surface area contributed by atoms with Crippen molar-refractivity contribution in [3.05, 3.63) is 71.3 Å². The van der Waals surface area contributed by atoms with E-state index < -0.39 is 0 Å². The summed E-state index contributed by atoms with van der Waals surface area (Å²) in [5, 5.41) is 6.65. The van der Waals surface area contributed by atoms with Crippen molar-refractivity contribution in [3.8, 4) is 0 Å². The van der Waals surface area contributed by atoms with Gasteiger partial charge in [-0.2, -0.15) is 0 Å². The predicted molar refractivity (Wildman–Crippen MR) is 120 cm³/mol. The highest BCUT2D eigenvalue weighted by Gasteiger charge is 1.99. The third-order valence-electron chi connectivity index (χ3n) is 3.91. The Morgan fingerprint density at radius 2 is 1.50 bits per heavy atom. The minimum atomic E-state index is 0. The summed E-state index contributed by atoms with van der Waals surface area (Å²) < 4.78 is 5.77. The fourth-order valence-electron chi connectivity index (χ4n) is 2.40. The lowest BCUT2D eigenvalue weighted by atomic mass is 10.1. The van der Waals surface area contributed by atoms with E-state index in [4.69, 9.17) is 4.74 Å². The Bertz CT molecular complexity index is 629. The summed E-state index contributed by atoms with van der Waals surface area (Å²) in [5.41, 5.74) is 3.61. The molecule has 2 aromatic rings. The van der Waals surface area contributed by atoms with Gasteiger partial charge in [0.1, 0.15) is 0 Å². The van der Waals surface area contributed by atoms with Gasteiger partial charge in [0.05, 0.1) is 13.2 Å². The molecule has 142 valence electrons. The highest BCUT2D eigenvalue weighted by molar-refractivity contribution is 14.0. The van der Waals surface area contributed by atoms with Gasteiger partial charge in [-0.15, -0.1) is 24.0 Å². The monoisotopic (exact) mass is 467 g/mol. The molecular weight excluding hydrogens is 437 g/mol. The molecule has 0 fully saturated rings. The van der Waals surface area contributed by atoms with Crippen LogP contribution in [-0.2, 0) is 24.5 Å². The first-order chi connectivity index (χ1) is 12.3. The maximum absolute atomic E-state index is 5.77. The van der Waals surface area contributed by atoms with Crippen LogP contribution in [0.2, 0.25) is 0 Å². The van der Waals surface area contributed by atoms with Gasteiger partial charge in [0.15, 0.2) is 5.96 Å². The van der Waals surface area contributed by atoms with Gasteiger partial charge in [0.2, 0.25) is 0 Å². The number of nitrogens with zero attached hydrogens (tertiary/aromatic N) is 1. The lowest BCUT2D eigenvalue weighted by Crippen LogP contribution is -2.37. The third kappa shape index (κ3) is 8.67. The van der Waals surface area contributed by atoms with Crippen LogP contribution in [0.15, 0.2) is 59.6 Å². The second-order valence-corrected chi connectivity index (χ2v) is 6.00. The first-order valence-electron chi connectivity index (χ1n) is 8.96. The maximum atomic E-state index is 5.77. The molecule has 0 bridgehead atoms. The first kappa shape index (κ1) is 22.4. The largest absolute Gasteiger partial charge is 0.372 e. The number of benzene rings is 2. The molecule has 0 radical (unpaired) electrons. The van der Waals surface area contributed by atoms with Crippen LogP contribution in [0.1, 0.15) is 36.5 Å². The zero-order valence-corrected chi connectivity index (χ0v) is 18.0. The van der Waals surface area contributed by atoms with Gasteiger partial charge in [-0.05, 0) is 23.1 Å². The van der Waals surface area contributed by atoms with E-state index in [1.54, 1.807) is 7.05 Å². The maximum Gasteiger partial charge on any atom is 0.191 e. The predicted octanol–water partition coefficient (Wildman–Crippen LogP) is 4.49. The number of unbranched alkanes of at least 4 members (excludes halogenated alkanes) is 1. The number of halogens is 1. The number of nitrogens with one attached hydrogen (secondary N) is 2. The molecular formula is C21H30IN3O. The Kier molecular flexibility index (Phi) is 11.7. The molecule has 5 heteroatoms. The zero-order valence-electron chi connectivity index (χ0n) is 15.7. The molecule has 2 N–H and O–H groups in total. The smallest absolute Gasteiger partial charge is 0.191 e. The molecule has 0 aromatic heterocycles. The van der Waals surface area contributed by atoms with Gasteiger partial charge in [-0.25, -0.2) is 0 Å². The Hall–Kier alpha value is -1.60. The van der Waals surface area contributed by atoms with Crippen molar-refractivity contribution in [1.82, 2.24) is 10.6 Å². The van der Waals surface area contributed by atoms with Crippen molar-refractivity contribution in [2.75, 3.05) is 13.6 Å². The van der Waals surface area contributed by atoms with Crippen LogP contribution in [-0.4, -0.2) is 19.6 Å². The second-order valence-electron chi connectivity index (χ2n) is 6.00. The average molecular weight is 467 g/mol. The van der Waals surface area contributed by atoms with Crippen LogP contribution in [0.5, 0.6) is 0 Å². The summed E-state index contributed by atoms with van der Waals surface area (Å²) in [6.45, 7) is 5.17. The normalized spacial score (nSPS) is 10.9. The summed E-state index contributed by atoms with van der Waals surface area (Å²) in [5.74, 6) is 0.851. The molecule has 0 unspecified atom stereocenters. The topological polar surface area (TPSA) is 45.7 Å². The van der Waals surface area contributed by atoms with E-state index in [-0.39, 0.29) is 24.0 Å². The number of guanidine groups is 1. The molecule has 0 aliphatic rings. The van der Waals surface area contributed by atoms with Crippen molar-refractivity contribution < 1.29 is 4.74 Å². The van der Waals surface area contributed by atoms with Gasteiger partial charge >= 0.3 is 0 Å². The molecule has 0 aliphatic carbocycles. The highest BCUT2D eigenvalue weighted by atomic mass is 127. The van der Waals surface area contributed by atoms with Crippen molar-refractivity contribution in [3.63, 3.8) is 0 Å². The summed E-state index contributed by atoms with van der Waals surface area (Å²) >= 11 is 0. The molecule has 0 spiro atoms. The average Bonchev–Trinajstić information content (AvgIpc) is 2.66. The fourth-order valence-corrected chi connectivity index (χ4v) is 2.40. The number of hydrogen-bond acceptors (Lipinski definition) is 2. The van der Waals surface area contributed by atoms with Gasteiger partial charge in [-0.3, -0.25) is 4.99 Å². The Labute approximate surface area is 174 Å². The quantitative estimate of drug-likeness (QED) is 0.247. The molecule has 0 saturated carbocycles. The molecule has 0 heterocycles. The Morgan fingerprint density at radius 3 is 2.12 bits per heavy atom. The van der Waals surface area contributed by atoms with Crippen LogP contribution >= 0.6 is 24.0 Å². The number of rotatable bonds is 9. The SMILES string of the molecule is CCCCNC(=NC)NCc1ccc(COCc2ccccc2)cc1.I. The van der Waals surface area contributed by atoms with Gasteiger partial charge < -0.3 is 15.4 Å². The minimum Gasteiger partial charge on any atom is -0.372 e. The number of hydrogen-bond donors (Lipinski definition) is 2. The lowest BCUT2D eigenvalue weighted by Gasteiger charge is -2.12. The second kappa shape index (κ2) is 13.6. The molecule has 0 atom stereocenters. The van der Waals surface area contributed by atoms with Crippen LogP contribution in [0.25, 0.3) is 0 Å². The van der Waals surface area contributed by atoms with E-state index in [1.165, 1.54) is 23.1 Å². The van der Waals surface area contributed by atoms with Crippen molar-refractivity contribution in [2.24, 2.45) is 4.99 Å². The van der Waals surface area contributed by atoms with Crippen molar-refractivity contribution in [2.45, 2.75) is 39.5 Å². The van der Waals surface area contributed by atoms with E-state index in [2.05, 4.69) is 58.9 Å². The molecule has 2 rings (SSSR count). The van der Waals surface area contributed by atoms with E-state index >= 15 is 0 Å². The van der Waals surface area contributed by atoms with Crippen LogP contribution in [0.4, 0.5) is 0 Å².